The maximum Gasteiger partial charge on any atom is 0.289 e. The van der Waals surface area contributed by atoms with Gasteiger partial charge in [0.05, 0.1) is 0 Å². The minimum atomic E-state index is -0.314. The Morgan fingerprint density at radius 1 is 1.25 bits per heavy atom. The Labute approximate surface area is 116 Å². The van der Waals surface area contributed by atoms with Crippen molar-refractivity contribution in [3.63, 3.8) is 0 Å². The number of hydrogen-bond acceptors (Lipinski definition) is 3. The number of nitrogens with zero attached hydrogens (tertiary/aromatic N) is 1. The standard InChI is InChI=1S/C15H16FNO3/c1-3-17(2)15(18)14-9-8-13(20-14)10-19-12-6-4-11(16)5-7-12/h4-9H,3,10H2,1-2H3. The molecule has 0 aliphatic carbocycles. The fraction of sp³-hybridized carbons (Fsp3) is 0.267. The van der Waals surface area contributed by atoms with Crippen molar-refractivity contribution >= 4 is 5.91 Å². The van der Waals surface area contributed by atoms with E-state index in [4.69, 9.17) is 9.15 Å². The Balaban J connectivity index is 1.96. The second-order valence-electron chi connectivity index (χ2n) is 4.33. The summed E-state index contributed by atoms with van der Waals surface area (Å²) < 4.78 is 23.6. The summed E-state index contributed by atoms with van der Waals surface area (Å²) in [5.41, 5.74) is 0. The summed E-state index contributed by atoms with van der Waals surface area (Å²) in [6, 6.07) is 9.04. The van der Waals surface area contributed by atoms with Crippen LogP contribution >= 0.6 is 0 Å². The smallest absolute Gasteiger partial charge is 0.289 e. The topological polar surface area (TPSA) is 42.7 Å². The van der Waals surface area contributed by atoms with E-state index in [0.29, 0.717) is 18.1 Å². The van der Waals surface area contributed by atoms with Crippen molar-refractivity contribution in [2.24, 2.45) is 0 Å². The molecule has 1 heterocycles. The normalized spacial score (nSPS) is 10.3. The molecule has 1 aromatic carbocycles. The van der Waals surface area contributed by atoms with Gasteiger partial charge in [-0.25, -0.2) is 4.39 Å². The van der Waals surface area contributed by atoms with Crippen molar-refractivity contribution < 1.29 is 18.3 Å². The molecule has 0 bridgehead atoms. The van der Waals surface area contributed by atoms with Gasteiger partial charge in [-0.05, 0) is 43.3 Å². The molecule has 0 aliphatic heterocycles. The molecular formula is C15H16FNO3. The van der Waals surface area contributed by atoms with E-state index in [1.54, 1.807) is 24.1 Å². The first-order valence-corrected chi connectivity index (χ1v) is 6.32. The maximum absolute atomic E-state index is 12.7. The molecular weight excluding hydrogens is 261 g/mol. The van der Waals surface area contributed by atoms with E-state index >= 15 is 0 Å². The van der Waals surface area contributed by atoms with E-state index in [-0.39, 0.29) is 24.1 Å². The molecule has 4 nitrogen and oxygen atoms in total. The largest absolute Gasteiger partial charge is 0.486 e. The Hall–Kier alpha value is -2.30. The highest BCUT2D eigenvalue weighted by atomic mass is 19.1. The number of halogens is 1. The third kappa shape index (κ3) is 3.38. The van der Waals surface area contributed by atoms with Crippen LogP contribution in [0.15, 0.2) is 40.8 Å². The Morgan fingerprint density at radius 3 is 2.60 bits per heavy atom. The van der Waals surface area contributed by atoms with Crippen molar-refractivity contribution in [2.45, 2.75) is 13.5 Å². The summed E-state index contributed by atoms with van der Waals surface area (Å²) in [7, 11) is 1.71. The van der Waals surface area contributed by atoms with Crippen LogP contribution in [0.4, 0.5) is 4.39 Å². The lowest BCUT2D eigenvalue weighted by molar-refractivity contribution is 0.0767. The second-order valence-corrected chi connectivity index (χ2v) is 4.33. The highest BCUT2D eigenvalue weighted by Crippen LogP contribution is 2.15. The predicted molar refractivity (Wildman–Crippen MR) is 72.1 cm³/mol. The Kier molecular flexibility index (Phi) is 4.40. The molecule has 20 heavy (non-hydrogen) atoms. The van der Waals surface area contributed by atoms with Crippen LogP contribution in [0.2, 0.25) is 0 Å². The van der Waals surface area contributed by atoms with Gasteiger partial charge in [0.1, 0.15) is 23.9 Å². The average molecular weight is 277 g/mol. The molecule has 0 saturated heterocycles. The summed E-state index contributed by atoms with van der Waals surface area (Å²) in [6.07, 6.45) is 0. The number of hydrogen-bond donors (Lipinski definition) is 0. The lowest BCUT2D eigenvalue weighted by Gasteiger charge is -2.11. The van der Waals surface area contributed by atoms with E-state index in [1.165, 1.54) is 24.3 Å². The third-order valence-electron chi connectivity index (χ3n) is 2.89. The molecule has 106 valence electrons. The van der Waals surface area contributed by atoms with Crippen LogP contribution in [0.3, 0.4) is 0 Å². The Bertz CT molecular complexity index is 577. The molecule has 0 atom stereocenters. The second kappa shape index (κ2) is 6.23. The van der Waals surface area contributed by atoms with E-state index < -0.39 is 0 Å². The highest BCUT2D eigenvalue weighted by molar-refractivity contribution is 5.91. The molecule has 0 aliphatic rings. The Morgan fingerprint density at radius 2 is 1.95 bits per heavy atom. The van der Waals surface area contributed by atoms with Crippen LogP contribution in [0.5, 0.6) is 5.75 Å². The zero-order valence-electron chi connectivity index (χ0n) is 11.4. The fourth-order valence-electron chi connectivity index (χ4n) is 1.59. The average Bonchev–Trinajstić information content (AvgIpc) is 2.94. The van der Waals surface area contributed by atoms with Gasteiger partial charge in [-0.15, -0.1) is 0 Å². The molecule has 0 N–H and O–H groups in total. The number of ether oxygens (including phenoxy) is 1. The number of carbonyl (C=O) groups excluding carboxylic acids is 1. The number of carbonyl (C=O) groups is 1. The van der Waals surface area contributed by atoms with Crippen LogP contribution in [0.1, 0.15) is 23.2 Å². The molecule has 0 unspecified atom stereocenters. The SMILES string of the molecule is CCN(C)C(=O)c1ccc(COc2ccc(F)cc2)o1. The quantitative estimate of drug-likeness (QED) is 0.843. The van der Waals surface area contributed by atoms with E-state index in [9.17, 15) is 9.18 Å². The third-order valence-corrected chi connectivity index (χ3v) is 2.89. The zero-order valence-corrected chi connectivity index (χ0v) is 11.4. The van der Waals surface area contributed by atoms with Crippen LogP contribution in [-0.4, -0.2) is 24.4 Å². The first kappa shape index (κ1) is 14.1. The predicted octanol–water partition coefficient (Wildman–Crippen LogP) is 3.09. The maximum atomic E-state index is 12.7. The van der Waals surface area contributed by atoms with Gasteiger partial charge in [-0.2, -0.15) is 0 Å². The first-order chi connectivity index (χ1) is 9.60. The molecule has 2 aromatic rings. The molecule has 0 spiro atoms. The first-order valence-electron chi connectivity index (χ1n) is 6.32. The van der Waals surface area contributed by atoms with Crippen LogP contribution < -0.4 is 4.74 Å². The summed E-state index contributed by atoms with van der Waals surface area (Å²) in [5, 5.41) is 0. The van der Waals surface area contributed by atoms with Crippen molar-refractivity contribution in [2.75, 3.05) is 13.6 Å². The van der Waals surface area contributed by atoms with E-state index in [0.717, 1.165) is 0 Å². The number of benzene rings is 1. The number of rotatable bonds is 5. The highest BCUT2D eigenvalue weighted by Gasteiger charge is 2.14. The van der Waals surface area contributed by atoms with Crippen LogP contribution in [0.25, 0.3) is 0 Å². The van der Waals surface area contributed by atoms with E-state index in [1.807, 2.05) is 6.92 Å². The molecule has 0 saturated carbocycles. The van der Waals surface area contributed by atoms with Gasteiger partial charge in [0.25, 0.3) is 5.91 Å². The molecule has 2 rings (SSSR count). The van der Waals surface area contributed by atoms with Gasteiger partial charge in [0.2, 0.25) is 0 Å². The van der Waals surface area contributed by atoms with Crippen molar-refractivity contribution in [3.05, 3.63) is 53.7 Å². The van der Waals surface area contributed by atoms with Crippen LogP contribution in [0, 0.1) is 5.82 Å². The van der Waals surface area contributed by atoms with Gasteiger partial charge in [0.15, 0.2) is 5.76 Å². The molecule has 1 aromatic heterocycles. The fourth-order valence-corrected chi connectivity index (χ4v) is 1.59. The minimum absolute atomic E-state index is 0.166. The van der Waals surface area contributed by atoms with Gasteiger partial charge >= 0.3 is 0 Å². The van der Waals surface area contributed by atoms with Gasteiger partial charge < -0.3 is 14.1 Å². The van der Waals surface area contributed by atoms with Gasteiger partial charge in [-0.1, -0.05) is 0 Å². The summed E-state index contributed by atoms with van der Waals surface area (Å²) in [4.78, 5) is 13.4. The molecule has 1 amide bonds. The van der Waals surface area contributed by atoms with Crippen molar-refractivity contribution in [3.8, 4) is 5.75 Å². The number of furan rings is 1. The molecule has 5 heteroatoms. The van der Waals surface area contributed by atoms with E-state index in [2.05, 4.69) is 0 Å². The summed E-state index contributed by atoms with van der Waals surface area (Å²) >= 11 is 0. The van der Waals surface area contributed by atoms with Gasteiger partial charge in [0, 0.05) is 13.6 Å². The monoisotopic (exact) mass is 277 g/mol. The van der Waals surface area contributed by atoms with Crippen LogP contribution in [-0.2, 0) is 6.61 Å². The molecule has 0 radical (unpaired) electrons. The van der Waals surface area contributed by atoms with Gasteiger partial charge in [-0.3, -0.25) is 4.79 Å². The summed E-state index contributed by atoms with van der Waals surface area (Å²) in [5.74, 6) is 0.891. The lowest BCUT2D eigenvalue weighted by atomic mass is 10.3. The van der Waals surface area contributed by atoms with Crippen molar-refractivity contribution in [1.29, 1.82) is 0 Å². The number of amides is 1. The minimum Gasteiger partial charge on any atom is -0.486 e. The summed E-state index contributed by atoms with van der Waals surface area (Å²) in [6.45, 7) is 2.69. The van der Waals surface area contributed by atoms with Crippen molar-refractivity contribution in [1.82, 2.24) is 4.90 Å². The molecule has 0 fully saturated rings. The lowest BCUT2D eigenvalue weighted by Crippen LogP contribution is -2.25. The zero-order chi connectivity index (χ0) is 14.5.